The zero-order valence-electron chi connectivity index (χ0n) is 9.68. The molecule has 6 heteroatoms. The van der Waals surface area contributed by atoms with Gasteiger partial charge in [0.05, 0.1) is 5.69 Å². The lowest BCUT2D eigenvalue weighted by atomic mass is 10.4. The largest absolute Gasteiger partial charge is 0.396 e. The number of pyridine rings is 1. The maximum Gasteiger partial charge on any atom is 0.154 e. The molecule has 5 nitrogen and oxygen atoms in total. The van der Waals surface area contributed by atoms with Crippen LogP contribution in [0.1, 0.15) is 19.9 Å². The Morgan fingerprint density at radius 3 is 2.82 bits per heavy atom. The van der Waals surface area contributed by atoms with Gasteiger partial charge in [0.2, 0.25) is 0 Å². The van der Waals surface area contributed by atoms with Crippen LogP contribution in [-0.4, -0.2) is 14.8 Å². The maximum absolute atomic E-state index is 5.85. The summed E-state index contributed by atoms with van der Waals surface area (Å²) in [6.07, 6.45) is 3.61. The summed E-state index contributed by atoms with van der Waals surface area (Å²) in [7, 11) is 0. The minimum Gasteiger partial charge on any atom is -0.396 e. The Morgan fingerprint density at radius 1 is 1.47 bits per heavy atom. The predicted molar refractivity (Wildman–Crippen MR) is 72.2 cm³/mol. The van der Waals surface area contributed by atoms with E-state index in [-0.39, 0.29) is 0 Å². The molecule has 2 aromatic rings. The molecule has 0 saturated carbocycles. The highest BCUT2D eigenvalue weighted by atomic mass is 79.9. The summed E-state index contributed by atoms with van der Waals surface area (Å²) in [5.41, 5.74) is 6.43. The molecule has 2 aromatic heterocycles. The first-order valence-corrected chi connectivity index (χ1v) is 6.09. The second-order valence-electron chi connectivity index (χ2n) is 3.99. The molecule has 0 spiro atoms. The number of halogens is 1. The van der Waals surface area contributed by atoms with Gasteiger partial charge in [-0.3, -0.25) is 4.68 Å². The first-order chi connectivity index (χ1) is 8.06. The van der Waals surface area contributed by atoms with E-state index in [2.05, 4.69) is 45.2 Å². The monoisotopic (exact) mass is 295 g/mol. The number of anilines is 3. The van der Waals surface area contributed by atoms with Crippen LogP contribution in [-0.2, 0) is 0 Å². The van der Waals surface area contributed by atoms with Crippen molar-refractivity contribution in [1.29, 1.82) is 0 Å². The van der Waals surface area contributed by atoms with Crippen molar-refractivity contribution in [1.82, 2.24) is 14.8 Å². The first kappa shape index (κ1) is 11.9. The number of hydrogen-bond acceptors (Lipinski definition) is 4. The Kier molecular flexibility index (Phi) is 3.33. The Labute approximate surface area is 108 Å². The van der Waals surface area contributed by atoms with E-state index >= 15 is 0 Å². The van der Waals surface area contributed by atoms with Crippen molar-refractivity contribution in [3.8, 4) is 0 Å². The minimum atomic E-state index is 0.334. The number of nitrogens with two attached hydrogens (primary N) is 1. The van der Waals surface area contributed by atoms with E-state index < -0.39 is 0 Å². The molecule has 3 N–H and O–H groups in total. The first-order valence-electron chi connectivity index (χ1n) is 5.29. The second kappa shape index (κ2) is 4.75. The number of aromatic nitrogens is 3. The molecule has 0 aliphatic rings. The van der Waals surface area contributed by atoms with Gasteiger partial charge < -0.3 is 11.1 Å². The van der Waals surface area contributed by atoms with E-state index in [0.717, 1.165) is 10.3 Å². The molecular formula is C11H14BrN5. The topological polar surface area (TPSA) is 68.8 Å². The fourth-order valence-electron chi connectivity index (χ4n) is 1.37. The summed E-state index contributed by atoms with van der Waals surface area (Å²) in [4.78, 5) is 4.19. The highest BCUT2D eigenvalue weighted by Gasteiger charge is 2.05. The number of rotatable bonds is 3. The molecule has 0 unspecified atom stereocenters. The van der Waals surface area contributed by atoms with Crippen LogP contribution < -0.4 is 11.1 Å². The van der Waals surface area contributed by atoms with Gasteiger partial charge in [0.25, 0.3) is 0 Å². The lowest BCUT2D eigenvalue weighted by molar-refractivity contribution is 0.534. The average Bonchev–Trinajstić information content (AvgIpc) is 2.71. The van der Waals surface area contributed by atoms with Crippen LogP contribution in [0, 0.1) is 0 Å². The normalized spacial score (nSPS) is 10.8. The van der Waals surface area contributed by atoms with Crippen molar-refractivity contribution in [2.75, 3.05) is 11.1 Å². The standard InChI is InChI=1S/C11H14BrN5/c1-7(2)17-4-3-10(16-17)15-11-9(13)5-8(12)6-14-11/h3-7H,13H2,1-2H3,(H,14,15,16). The highest BCUT2D eigenvalue weighted by molar-refractivity contribution is 9.10. The van der Waals surface area contributed by atoms with Gasteiger partial charge in [0.1, 0.15) is 0 Å². The molecule has 0 aliphatic heterocycles. The van der Waals surface area contributed by atoms with E-state index in [1.54, 1.807) is 12.3 Å². The third kappa shape index (κ3) is 2.76. The van der Waals surface area contributed by atoms with Crippen molar-refractivity contribution in [2.24, 2.45) is 0 Å². The van der Waals surface area contributed by atoms with Crippen molar-refractivity contribution >= 4 is 33.3 Å². The van der Waals surface area contributed by atoms with Gasteiger partial charge >= 0.3 is 0 Å². The van der Waals surface area contributed by atoms with Crippen LogP contribution in [0.25, 0.3) is 0 Å². The molecule has 17 heavy (non-hydrogen) atoms. The fraction of sp³-hybridized carbons (Fsp3) is 0.273. The lowest BCUT2D eigenvalue weighted by Gasteiger charge is -2.06. The Bertz CT molecular complexity index is 520. The van der Waals surface area contributed by atoms with E-state index in [1.807, 2.05) is 16.9 Å². The molecule has 0 fully saturated rings. The Balaban J connectivity index is 2.19. The summed E-state index contributed by atoms with van der Waals surface area (Å²) in [6.45, 7) is 4.14. The molecule has 90 valence electrons. The number of hydrogen-bond donors (Lipinski definition) is 2. The summed E-state index contributed by atoms with van der Waals surface area (Å²) in [5.74, 6) is 1.35. The third-order valence-corrected chi connectivity index (χ3v) is 2.70. The molecular weight excluding hydrogens is 282 g/mol. The highest BCUT2D eigenvalue weighted by Crippen LogP contribution is 2.22. The van der Waals surface area contributed by atoms with Crippen molar-refractivity contribution in [3.63, 3.8) is 0 Å². The minimum absolute atomic E-state index is 0.334. The van der Waals surface area contributed by atoms with Gasteiger partial charge in [-0.1, -0.05) is 0 Å². The van der Waals surface area contributed by atoms with Crippen LogP contribution >= 0.6 is 15.9 Å². The lowest BCUT2D eigenvalue weighted by Crippen LogP contribution is -2.03. The van der Waals surface area contributed by atoms with Crippen LogP contribution in [0.3, 0.4) is 0 Å². The molecule has 2 heterocycles. The summed E-state index contributed by atoms with van der Waals surface area (Å²) in [6, 6.07) is 4.03. The van der Waals surface area contributed by atoms with Gasteiger partial charge in [-0.25, -0.2) is 4.98 Å². The molecule has 0 radical (unpaired) electrons. The summed E-state index contributed by atoms with van der Waals surface area (Å²) < 4.78 is 2.73. The average molecular weight is 296 g/mol. The zero-order chi connectivity index (χ0) is 12.4. The van der Waals surface area contributed by atoms with Crippen LogP contribution in [0.15, 0.2) is 29.0 Å². The molecule has 0 bridgehead atoms. The Morgan fingerprint density at radius 2 is 2.24 bits per heavy atom. The van der Waals surface area contributed by atoms with Crippen molar-refractivity contribution in [2.45, 2.75) is 19.9 Å². The van der Waals surface area contributed by atoms with E-state index in [1.165, 1.54) is 0 Å². The second-order valence-corrected chi connectivity index (χ2v) is 4.91. The van der Waals surface area contributed by atoms with Crippen molar-refractivity contribution in [3.05, 3.63) is 29.0 Å². The van der Waals surface area contributed by atoms with Gasteiger partial charge in [-0.2, -0.15) is 5.10 Å². The molecule has 0 atom stereocenters. The smallest absolute Gasteiger partial charge is 0.154 e. The summed E-state index contributed by atoms with van der Waals surface area (Å²) >= 11 is 3.31. The number of nitrogen functional groups attached to an aromatic ring is 1. The van der Waals surface area contributed by atoms with Gasteiger partial charge in [0, 0.05) is 29.0 Å². The molecule has 0 amide bonds. The SMILES string of the molecule is CC(C)n1ccc(Nc2ncc(Br)cc2N)n1. The van der Waals surface area contributed by atoms with E-state index in [0.29, 0.717) is 17.5 Å². The quantitative estimate of drug-likeness (QED) is 0.913. The van der Waals surface area contributed by atoms with Gasteiger partial charge in [-0.05, 0) is 35.8 Å². The van der Waals surface area contributed by atoms with Crippen molar-refractivity contribution < 1.29 is 0 Å². The van der Waals surface area contributed by atoms with Crippen LogP contribution in [0.5, 0.6) is 0 Å². The fourth-order valence-corrected chi connectivity index (χ4v) is 1.72. The third-order valence-electron chi connectivity index (χ3n) is 2.27. The summed E-state index contributed by atoms with van der Waals surface area (Å²) in [5, 5.41) is 7.45. The van der Waals surface area contributed by atoms with Gasteiger partial charge in [0.15, 0.2) is 11.6 Å². The molecule has 0 saturated heterocycles. The molecule has 2 rings (SSSR count). The maximum atomic E-state index is 5.85. The molecule has 0 aliphatic carbocycles. The van der Waals surface area contributed by atoms with Gasteiger partial charge in [-0.15, -0.1) is 0 Å². The van der Waals surface area contributed by atoms with Crippen LogP contribution in [0.4, 0.5) is 17.3 Å². The van der Waals surface area contributed by atoms with E-state index in [9.17, 15) is 0 Å². The van der Waals surface area contributed by atoms with E-state index in [4.69, 9.17) is 5.73 Å². The molecule has 0 aromatic carbocycles. The van der Waals surface area contributed by atoms with Crippen LogP contribution in [0.2, 0.25) is 0 Å². The number of nitrogens with one attached hydrogen (secondary N) is 1. The number of nitrogens with zero attached hydrogens (tertiary/aromatic N) is 3. The predicted octanol–water partition coefficient (Wildman–Crippen LogP) is 2.95. The zero-order valence-corrected chi connectivity index (χ0v) is 11.3. The Hall–Kier alpha value is -1.56.